The highest BCUT2D eigenvalue weighted by Gasteiger charge is 2.42. The Hall–Kier alpha value is -2.62. The Morgan fingerprint density at radius 1 is 1.19 bits per heavy atom. The molecule has 0 saturated carbocycles. The van der Waals surface area contributed by atoms with Gasteiger partial charge in [-0.25, -0.2) is 18.2 Å². The van der Waals surface area contributed by atoms with Crippen LogP contribution in [0.5, 0.6) is 0 Å². The van der Waals surface area contributed by atoms with Gasteiger partial charge in [-0.1, -0.05) is 5.10 Å². The number of hydroxylamine groups is 2. The lowest BCUT2D eigenvalue weighted by Crippen LogP contribution is -2.48. The molecular formula is C17H17F3N4O3. The molecule has 0 radical (unpaired) electrons. The van der Waals surface area contributed by atoms with E-state index in [0.29, 0.717) is 13.0 Å². The first-order valence-corrected chi connectivity index (χ1v) is 8.60. The van der Waals surface area contributed by atoms with Gasteiger partial charge in [-0.05, 0) is 24.1 Å². The summed E-state index contributed by atoms with van der Waals surface area (Å²) in [6.45, 7) is 0.518. The molecule has 0 N–H and O–H groups in total. The maximum absolute atomic E-state index is 14.7. The number of amides is 1. The Kier molecular flexibility index (Phi) is 4.73. The standard InChI is InChI=1S/C17H17F3N4O3/c18-11-5-10(6-12(19)7-11)15-2-4-27-24(15)16(25)13-1-3-23(8-14(13)20)17-22-21-9-26-17/h5-7,9,13-15H,1-4,8H2/t13-,14+,15?/m1/s1. The summed E-state index contributed by atoms with van der Waals surface area (Å²) in [7, 11) is 0. The van der Waals surface area contributed by atoms with Gasteiger partial charge in [0, 0.05) is 19.0 Å². The number of hydrogen-bond donors (Lipinski definition) is 0. The zero-order chi connectivity index (χ0) is 19.0. The van der Waals surface area contributed by atoms with Crippen molar-refractivity contribution in [1.82, 2.24) is 15.3 Å². The van der Waals surface area contributed by atoms with Gasteiger partial charge in [-0.3, -0.25) is 9.63 Å². The largest absolute Gasteiger partial charge is 0.411 e. The Bertz CT molecular complexity index is 800. The van der Waals surface area contributed by atoms with Crippen molar-refractivity contribution in [3.05, 3.63) is 41.8 Å². The van der Waals surface area contributed by atoms with Crippen molar-refractivity contribution in [3.8, 4) is 0 Å². The summed E-state index contributed by atoms with van der Waals surface area (Å²) in [5, 5.41) is 8.36. The minimum Gasteiger partial charge on any atom is -0.411 e. The van der Waals surface area contributed by atoms with E-state index in [1.807, 2.05) is 0 Å². The molecule has 7 nitrogen and oxygen atoms in total. The van der Waals surface area contributed by atoms with Crippen LogP contribution in [0.2, 0.25) is 0 Å². The molecule has 1 amide bonds. The summed E-state index contributed by atoms with van der Waals surface area (Å²) >= 11 is 0. The molecule has 2 fully saturated rings. The predicted octanol–water partition coefficient (Wildman–Crippen LogP) is 2.42. The molecule has 10 heteroatoms. The normalized spacial score (nSPS) is 25.8. The zero-order valence-corrected chi connectivity index (χ0v) is 14.2. The minimum atomic E-state index is -1.47. The number of rotatable bonds is 3. The molecule has 144 valence electrons. The Labute approximate surface area is 152 Å². The van der Waals surface area contributed by atoms with E-state index in [0.717, 1.165) is 29.7 Å². The topological polar surface area (TPSA) is 71.7 Å². The summed E-state index contributed by atoms with van der Waals surface area (Å²) in [6.07, 6.45) is 0.298. The number of piperidine rings is 1. The van der Waals surface area contributed by atoms with E-state index in [2.05, 4.69) is 10.2 Å². The number of hydrogen-bond acceptors (Lipinski definition) is 6. The van der Waals surface area contributed by atoms with Crippen molar-refractivity contribution in [3.63, 3.8) is 0 Å². The lowest BCUT2D eigenvalue weighted by molar-refractivity contribution is -0.184. The fourth-order valence-corrected chi connectivity index (χ4v) is 3.58. The number of benzene rings is 1. The Morgan fingerprint density at radius 3 is 2.63 bits per heavy atom. The van der Waals surface area contributed by atoms with Crippen molar-refractivity contribution in [2.24, 2.45) is 5.92 Å². The molecular weight excluding hydrogens is 365 g/mol. The average molecular weight is 382 g/mol. The van der Waals surface area contributed by atoms with Crippen LogP contribution < -0.4 is 4.90 Å². The smallest absolute Gasteiger partial charge is 0.318 e. The number of nitrogens with zero attached hydrogens (tertiary/aromatic N) is 4. The molecule has 3 atom stereocenters. The van der Waals surface area contributed by atoms with E-state index in [-0.39, 0.29) is 31.2 Å². The van der Waals surface area contributed by atoms with Gasteiger partial charge in [-0.15, -0.1) is 5.10 Å². The molecule has 3 heterocycles. The molecule has 0 bridgehead atoms. The molecule has 2 saturated heterocycles. The summed E-state index contributed by atoms with van der Waals surface area (Å²) in [6, 6.07) is 2.63. The van der Waals surface area contributed by atoms with E-state index in [9.17, 15) is 18.0 Å². The van der Waals surface area contributed by atoms with Crippen LogP contribution in [0, 0.1) is 17.6 Å². The minimum absolute atomic E-state index is 0.0638. The molecule has 1 aromatic carbocycles. The number of halogens is 3. The lowest BCUT2D eigenvalue weighted by Gasteiger charge is -2.35. The molecule has 2 aromatic rings. The van der Waals surface area contributed by atoms with Crippen LogP contribution >= 0.6 is 0 Å². The van der Waals surface area contributed by atoms with Crippen molar-refractivity contribution in [1.29, 1.82) is 0 Å². The second-order valence-electron chi connectivity index (χ2n) is 6.58. The van der Waals surface area contributed by atoms with E-state index >= 15 is 0 Å². The van der Waals surface area contributed by atoms with Gasteiger partial charge in [0.05, 0.1) is 25.1 Å². The fraction of sp³-hybridized carbons (Fsp3) is 0.471. The van der Waals surface area contributed by atoms with Crippen molar-refractivity contribution >= 4 is 11.9 Å². The van der Waals surface area contributed by atoms with E-state index < -0.39 is 35.7 Å². The first kappa shape index (κ1) is 17.8. The first-order valence-electron chi connectivity index (χ1n) is 8.60. The maximum atomic E-state index is 14.7. The van der Waals surface area contributed by atoms with Crippen LogP contribution in [0.25, 0.3) is 0 Å². The lowest BCUT2D eigenvalue weighted by atomic mass is 9.93. The highest BCUT2D eigenvalue weighted by atomic mass is 19.1. The molecule has 0 spiro atoms. The van der Waals surface area contributed by atoms with Gasteiger partial charge in [0.15, 0.2) is 0 Å². The van der Waals surface area contributed by atoms with Gasteiger partial charge in [-0.2, -0.15) is 0 Å². The Balaban J connectivity index is 1.48. The summed E-state index contributed by atoms with van der Waals surface area (Å²) in [5.74, 6) is -2.91. The SMILES string of the molecule is O=C([C@@H]1CCN(c2nnco2)C[C@@H]1F)N1OCCC1c1cc(F)cc(F)c1. The molecule has 0 aliphatic carbocycles. The first-order chi connectivity index (χ1) is 13.0. The number of alkyl halides is 1. The zero-order valence-electron chi connectivity index (χ0n) is 14.2. The molecule has 1 unspecified atom stereocenters. The maximum Gasteiger partial charge on any atom is 0.318 e. The predicted molar refractivity (Wildman–Crippen MR) is 86.0 cm³/mol. The molecule has 2 aliphatic heterocycles. The molecule has 2 aliphatic rings. The van der Waals surface area contributed by atoms with Gasteiger partial charge in [0.2, 0.25) is 6.39 Å². The summed E-state index contributed by atoms with van der Waals surface area (Å²) in [5.41, 5.74) is 0.289. The second-order valence-corrected chi connectivity index (χ2v) is 6.58. The fourth-order valence-electron chi connectivity index (χ4n) is 3.58. The van der Waals surface area contributed by atoms with Crippen molar-refractivity contribution in [2.45, 2.75) is 25.1 Å². The van der Waals surface area contributed by atoms with Gasteiger partial charge in [0.1, 0.15) is 17.8 Å². The highest BCUT2D eigenvalue weighted by Crippen LogP contribution is 2.35. The van der Waals surface area contributed by atoms with E-state index in [1.165, 1.54) is 0 Å². The third kappa shape index (κ3) is 3.48. The van der Waals surface area contributed by atoms with Crippen molar-refractivity contribution in [2.75, 3.05) is 24.6 Å². The monoisotopic (exact) mass is 382 g/mol. The van der Waals surface area contributed by atoms with Crippen LogP contribution in [-0.2, 0) is 9.63 Å². The quantitative estimate of drug-likeness (QED) is 0.812. The second kappa shape index (κ2) is 7.18. The van der Waals surface area contributed by atoms with Gasteiger partial charge in [0.25, 0.3) is 5.91 Å². The highest BCUT2D eigenvalue weighted by molar-refractivity contribution is 5.79. The number of aromatic nitrogens is 2. The third-order valence-corrected chi connectivity index (χ3v) is 4.87. The van der Waals surface area contributed by atoms with Crippen LogP contribution in [0.15, 0.2) is 29.0 Å². The number of carbonyl (C=O) groups is 1. The van der Waals surface area contributed by atoms with Crippen LogP contribution in [-0.4, -0.2) is 47.0 Å². The van der Waals surface area contributed by atoms with Crippen LogP contribution in [0.1, 0.15) is 24.4 Å². The van der Waals surface area contributed by atoms with Crippen LogP contribution in [0.4, 0.5) is 19.2 Å². The summed E-state index contributed by atoms with van der Waals surface area (Å²) < 4.78 is 46.8. The number of carbonyl (C=O) groups excluding carboxylic acids is 1. The Morgan fingerprint density at radius 2 is 1.96 bits per heavy atom. The van der Waals surface area contributed by atoms with Gasteiger partial charge >= 0.3 is 6.01 Å². The average Bonchev–Trinajstić information content (AvgIpc) is 3.32. The third-order valence-electron chi connectivity index (χ3n) is 4.87. The van der Waals surface area contributed by atoms with E-state index in [4.69, 9.17) is 9.25 Å². The van der Waals surface area contributed by atoms with E-state index in [1.54, 1.807) is 4.90 Å². The van der Waals surface area contributed by atoms with Gasteiger partial charge < -0.3 is 9.32 Å². The molecule has 4 rings (SSSR count). The number of anilines is 1. The van der Waals surface area contributed by atoms with Crippen LogP contribution in [0.3, 0.4) is 0 Å². The molecule has 1 aromatic heterocycles. The summed E-state index contributed by atoms with van der Waals surface area (Å²) in [4.78, 5) is 19.8. The molecule has 27 heavy (non-hydrogen) atoms. The van der Waals surface area contributed by atoms with Crippen molar-refractivity contribution < 1.29 is 27.2 Å².